The van der Waals surface area contributed by atoms with Crippen LogP contribution >= 0.6 is 0 Å². The van der Waals surface area contributed by atoms with E-state index in [1.54, 1.807) is 0 Å². The predicted octanol–water partition coefficient (Wildman–Crippen LogP) is 2.86. The highest BCUT2D eigenvalue weighted by Gasteiger charge is 2.11. The van der Waals surface area contributed by atoms with Crippen molar-refractivity contribution in [2.24, 2.45) is 11.7 Å². The van der Waals surface area contributed by atoms with Gasteiger partial charge in [-0.25, -0.2) is 0 Å². The fourth-order valence-corrected chi connectivity index (χ4v) is 1.96. The number of carbonyl (C=O) groups is 1. The summed E-state index contributed by atoms with van der Waals surface area (Å²) in [6.45, 7) is 6.03. The van der Waals surface area contributed by atoms with Crippen LogP contribution in [0.3, 0.4) is 0 Å². The van der Waals surface area contributed by atoms with E-state index in [4.69, 9.17) is 10.5 Å². The Morgan fingerprint density at radius 2 is 2.00 bits per heavy atom. The summed E-state index contributed by atoms with van der Waals surface area (Å²) in [6, 6.07) is 7.89. The monoisotopic (exact) mass is 292 g/mol. The molecule has 0 aliphatic carbocycles. The van der Waals surface area contributed by atoms with Crippen LogP contribution in [-0.2, 0) is 11.3 Å². The van der Waals surface area contributed by atoms with Crippen molar-refractivity contribution in [1.82, 2.24) is 5.32 Å². The zero-order chi connectivity index (χ0) is 15.5. The maximum Gasteiger partial charge on any atom is 0.223 e. The molecule has 0 saturated carbocycles. The van der Waals surface area contributed by atoms with Crippen molar-refractivity contribution >= 4 is 5.91 Å². The van der Waals surface area contributed by atoms with E-state index in [0.29, 0.717) is 13.1 Å². The molecule has 0 aromatic heterocycles. The van der Waals surface area contributed by atoms with E-state index in [1.807, 2.05) is 31.2 Å². The molecule has 21 heavy (non-hydrogen) atoms. The highest BCUT2D eigenvalue weighted by molar-refractivity contribution is 5.78. The van der Waals surface area contributed by atoms with Crippen molar-refractivity contribution < 1.29 is 9.53 Å². The summed E-state index contributed by atoms with van der Waals surface area (Å²) in [5.41, 5.74) is 6.54. The number of hydrogen-bond donors (Lipinski definition) is 2. The molecular formula is C17H28N2O2. The first-order valence-corrected chi connectivity index (χ1v) is 7.87. The van der Waals surface area contributed by atoms with E-state index >= 15 is 0 Å². The Morgan fingerprint density at radius 1 is 1.29 bits per heavy atom. The molecule has 4 nitrogen and oxygen atoms in total. The molecule has 1 aromatic carbocycles. The first-order chi connectivity index (χ1) is 10.2. The Morgan fingerprint density at radius 3 is 2.62 bits per heavy atom. The molecule has 118 valence electrons. The Kier molecular flexibility index (Phi) is 8.51. The average molecular weight is 292 g/mol. The lowest BCUT2D eigenvalue weighted by molar-refractivity contribution is -0.124. The van der Waals surface area contributed by atoms with Gasteiger partial charge >= 0.3 is 0 Å². The molecule has 1 aromatic rings. The largest absolute Gasteiger partial charge is 0.494 e. The van der Waals surface area contributed by atoms with Gasteiger partial charge < -0.3 is 15.8 Å². The number of nitrogens with one attached hydrogen (secondary N) is 1. The summed E-state index contributed by atoms with van der Waals surface area (Å²) in [5.74, 6) is 0.992. The summed E-state index contributed by atoms with van der Waals surface area (Å²) in [5, 5.41) is 2.96. The van der Waals surface area contributed by atoms with Gasteiger partial charge in [-0.3, -0.25) is 4.79 Å². The second-order valence-electron chi connectivity index (χ2n) is 5.40. The molecular weight excluding hydrogens is 264 g/mol. The lowest BCUT2D eigenvalue weighted by atomic mass is 10.0. The van der Waals surface area contributed by atoms with Crippen molar-refractivity contribution in [1.29, 1.82) is 0 Å². The van der Waals surface area contributed by atoms with E-state index in [9.17, 15) is 4.79 Å². The molecule has 1 amide bonds. The minimum absolute atomic E-state index is 0.0187. The van der Waals surface area contributed by atoms with Crippen LogP contribution in [0.25, 0.3) is 0 Å². The topological polar surface area (TPSA) is 64.3 Å². The molecule has 0 fully saturated rings. The van der Waals surface area contributed by atoms with Crippen LogP contribution in [0.1, 0.15) is 45.1 Å². The molecule has 4 heteroatoms. The number of rotatable bonds is 10. The van der Waals surface area contributed by atoms with E-state index in [2.05, 4.69) is 12.2 Å². The van der Waals surface area contributed by atoms with Crippen LogP contribution in [0.4, 0.5) is 0 Å². The second kappa shape index (κ2) is 10.2. The molecule has 0 saturated heterocycles. The number of unbranched alkanes of at least 4 members (excludes halogenated alkanes) is 1. The normalized spacial score (nSPS) is 12.0. The maximum atomic E-state index is 11.9. The van der Waals surface area contributed by atoms with Crippen molar-refractivity contribution in [3.8, 4) is 5.75 Å². The van der Waals surface area contributed by atoms with Gasteiger partial charge in [-0.05, 0) is 43.5 Å². The summed E-state index contributed by atoms with van der Waals surface area (Å²) >= 11 is 0. The molecule has 3 N–H and O–H groups in total. The highest BCUT2D eigenvalue weighted by Crippen LogP contribution is 2.13. The molecule has 0 heterocycles. The first-order valence-electron chi connectivity index (χ1n) is 7.87. The third-order valence-electron chi connectivity index (χ3n) is 3.45. The quantitative estimate of drug-likeness (QED) is 0.652. The molecule has 1 atom stereocenters. The average Bonchev–Trinajstić information content (AvgIpc) is 2.51. The van der Waals surface area contributed by atoms with Crippen molar-refractivity contribution in [2.45, 2.75) is 46.1 Å². The standard InChI is InChI=1S/C17H28N2O2/c1-3-4-12-21-16-9-7-15(8-10-16)13-19-17(20)14(2)6-5-11-18/h7-10,14H,3-6,11-13,18H2,1-2H3,(H,19,20)/t14-/m1/s1. The van der Waals surface area contributed by atoms with Gasteiger partial charge in [0.25, 0.3) is 0 Å². The molecule has 0 spiro atoms. The first kappa shape index (κ1) is 17.5. The second-order valence-corrected chi connectivity index (χ2v) is 5.40. The summed E-state index contributed by atoms with van der Waals surface area (Å²) in [6.07, 6.45) is 3.93. The Bertz CT molecular complexity index is 404. The fraction of sp³-hybridized carbons (Fsp3) is 0.588. The number of nitrogens with two attached hydrogens (primary N) is 1. The SMILES string of the molecule is CCCCOc1ccc(CNC(=O)[C@H](C)CCCN)cc1. The maximum absolute atomic E-state index is 11.9. The number of ether oxygens (including phenoxy) is 1. The number of hydrogen-bond acceptors (Lipinski definition) is 3. The van der Waals surface area contributed by atoms with Gasteiger partial charge in [-0.15, -0.1) is 0 Å². The van der Waals surface area contributed by atoms with Crippen molar-refractivity contribution in [3.05, 3.63) is 29.8 Å². The minimum atomic E-state index is 0.0187. The number of amides is 1. The lowest BCUT2D eigenvalue weighted by Crippen LogP contribution is -2.29. The van der Waals surface area contributed by atoms with Crippen LogP contribution < -0.4 is 15.8 Å². The van der Waals surface area contributed by atoms with Crippen LogP contribution in [-0.4, -0.2) is 19.1 Å². The van der Waals surface area contributed by atoms with Crippen molar-refractivity contribution in [2.75, 3.05) is 13.2 Å². The van der Waals surface area contributed by atoms with Crippen LogP contribution in [0, 0.1) is 5.92 Å². The van der Waals surface area contributed by atoms with Crippen LogP contribution in [0.5, 0.6) is 5.75 Å². The third-order valence-corrected chi connectivity index (χ3v) is 3.45. The molecule has 0 aliphatic heterocycles. The Balaban J connectivity index is 2.33. The minimum Gasteiger partial charge on any atom is -0.494 e. The summed E-state index contributed by atoms with van der Waals surface area (Å²) < 4.78 is 5.61. The lowest BCUT2D eigenvalue weighted by Gasteiger charge is -2.12. The van der Waals surface area contributed by atoms with Gasteiger partial charge in [0.2, 0.25) is 5.91 Å². The molecule has 1 rings (SSSR count). The molecule has 0 radical (unpaired) electrons. The van der Waals surface area contributed by atoms with E-state index < -0.39 is 0 Å². The van der Waals surface area contributed by atoms with Crippen LogP contribution in [0.15, 0.2) is 24.3 Å². The van der Waals surface area contributed by atoms with E-state index in [1.165, 1.54) is 0 Å². The zero-order valence-electron chi connectivity index (χ0n) is 13.2. The molecule has 0 aliphatic rings. The molecule has 0 unspecified atom stereocenters. The van der Waals surface area contributed by atoms with Crippen LogP contribution in [0.2, 0.25) is 0 Å². The zero-order valence-corrected chi connectivity index (χ0v) is 13.2. The van der Waals surface area contributed by atoms with E-state index in [-0.39, 0.29) is 11.8 Å². The fourth-order valence-electron chi connectivity index (χ4n) is 1.96. The van der Waals surface area contributed by atoms with Gasteiger partial charge in [0.1, 0.15) is 5.75 Å². The summed E-state index contributed by atoms with van der Waals surface area (Å²) in [4.78, 5) is 11.9. The molecule has 0 bridgehead atoms. The van der Waals surface area contributed by atoms with Gasteiger partial charge in [0, 0.05) is 12.5 Å². The Hall–Kier alpha value is -1.55. The highest BCUT2D eigenvalue weighted by atomic mass is 16.5. The third kappa shape index (κ3) is 7.14. The van der Waals surface area contributed by atoms with Gasteiger partial charge in [-0.1, -0.05) is 32.4 Å². The van der Waals surface area contributed by atoms with Gasteiger partial charge in [0.05, 0.1) is 6.61 Å². The predicted molar refractivity (Wildman–Crippen MR) is 86.1 cm³/mol. The smallest absolute Gasteiger partial charge is 0.223 e. The Labute approximate surface area is 128 Å². The van der Waals surface area contributed by atoms with E-state index in [0.717, 1.165) is 43.6 Å². The van der Waals surface area contributed by atoms with Crippen molar-refractivity contribution in [3.63, 3.8) is 0 Å². The number of benzene rings is 1. The number of carbonyl (C=O) groups excluding carboxylic acids is 1. The van der Waals surface area contributed by atoms with Gasteiger partial charge in [0.15, 0.2) is 0 Å². The van der Waals surface area contributed by atoms with Gasteiger partial charge in [-0.2, -0.15) is 0 Å². The summed E-state index contributed by atoms with van der Waals surface area (Å²) in [7, 11) is 0.